The van der Waals surface area contributed by atoms with Crippen molar-refractivity contribution in [2.24, 2.45) is 0 Å². The van der Waals surface area contributed by atoms with E-state index in [0.29, 0.717) is 0 Å². The van der Waals surface area contributed by atoms with Crippen molar-refractivity contribution in [2.45, 2.75) is 41.5 Å². The smallest absolute Gasteiger partial charge is 0.115 e. The molecule has 0 saturated carbocycles. The lowest BCUT2D eigenvalue weighted by atomic mass is 10.3. The van der Waals surface area contributed by atoms with Crippen LogP contribution in [0, 0.1) is 41.5 Å². The molecule has 42 heavy (non-hydrogen) atoms. The van der Waals surface area contributed by atoms with E-state index in [1.54, 1.807) is 55.8 Å². The van der Waals surface area contributed by atoms with E-state index in [0.717, 1.165) is 22.8 Å². The minimum absolute atomic E-state index is 0.961. The Bertz CT molecular complexity index is 1100. The molecule has 0 aromatic carbocycles. The van der Waals surface area contributed by atoms with Crippen LogP contribution in [-0.4, -0.2) is 45.1 Å². The minimum Gasteiger partial charge on any atom is -0.265 e. The van der Waals surface area contributed by atoms with E-state index >= 15 is 0 Å². The van der Waals surface area contributed by atoms with Crippen LogP contribution in [0.1, 0.15) is 33.9 Å². The Kier molecular flexibility index (Phi) is 19.5. The molecular formula is C33H39N9. The summed E-state index contributed by atoms with van der Waals surface area (Å²) in [5, 5.41) is 7.36. The number of hydrogen-bond acceptors (Lipinski definition) is 9. The topological polar surface area (TPSA) is 116 Å². The van der Waals surface area contributed by atoms with Gasteiger partial charge in [0.25, 0.3) is 0 Å². The Labute approximate surface area is 249 Å². The van der Waals surface area contributed by atoms with Gasteiger partial charge >= 0.3 is 0 Å². The lowest BCUT2D eigenvalue weighted by Crippen LogP contribution is -1.79. The molecule has 0 spiro atoms. The highest BCUT2D eigenvalue weighted by atomic mass is 15.1. The zero-order valence-corrected chi connectivity index (χ0v) is 25.1. The standard InChI is InChI=1S/3C6H7N.3C5H6N2/c1-6-2-4-7-5-3-6;1-6-3-2-4-7-5-6;1-6-4-2-3-5-7-6;1-5-4-6-2-3-7-5;1-5-2-3-6-4-7-5;1-5-3-2-4-6-7-5/h3*2-5H,1H3;3*2-4H,1H3. The Balaban J connectivity index is 0.000000252. The molecule has 6 aromatic heterocycles. The van der Waals surface area contributed by atoms with Crippen molar-refractivity contribution in [1.82, 2.24) is 45.1 Å². The summed E-state index contributed by atoms with van der Waals surface area (Å²) in [6, 6.07) is 19.4. The largest absolute Gasteiger partial charge is 0.265 e. The quantitative estimate of drug-likeness (QED) is 0.204. The minimum atomic E-state index is 0.961. The average Bonchev–Trinajstić information content (AvgIpc) is 3.01. The van der Waals surface area contributed by atoms with Crippen LogP contribution in [0.15, 0.2) is 129 Å². The third-order valence-electron chi connectivity index (χ3n) is 4.60. The first-order valence-corrected chi connectivity index (χ1v) is 13.2. The predicted molar refractivity (Wildman–Crippen MR) is 167 cm³/mol. The van der Waals surface area contributed by atoms with E-state index in [9.17, 15) is 0 Å². The summed E-state index contributed by atoms with van der Waals surface area (Å²) in [5.41, 5.74) is 6.47. The molecule has 0 bridgehead atoms. The fraction of sp³-hybridized carbons (Fsp3) is 0.182. The maximum atomic E-state index is 3.98. The third kappa shape index (κ3) is 21.6. The second kappa shape index (κ2) is 23.6. The van der Waals surface area contributed by atoms with Gasteiger partial charge in [-0.2, -0.15) is 10.2 Å². The van der Waals surface area contributed by atoms with Crippen molar-refractivity contribution in [2.75, 3.05) is 0 Å². The molecule has 0 fully saturated rings. The number of nitrogens with zero attached hydrogens (tertiary/aromatic N) is 9. The summed E-state index contributed by atoms with van der Waals surface area (Å²) in [4.78, 5) is 27.0. The second-order valence-electron chi connectivity index (χ2n) is 8.59. The van der Waals surface area contributed by atoms with Crippen LogP contribution in [0.25, 0.3) is 0 Å². The Morgan fingerprint density at radius 1 is 0.381 bits per heavy atom. The van der Waals surface area contributed by atoms with Gasteiger partial charge in [-0.15, -0.1) is 0 Å². The molecule has 9 nitrogen and oxygen atoms in total. The van der Waals surface area contributed by atoms with E-state index in [2.05, 4.69) is 45.1 Å². The van der Waals surface area contributed by atoms with Crippen LogP contribution in [0.4, 0.5) is 0 Å². The Morgan fingerprint density at radius 3 is 1.33 bits per heavy atom. The van der Waals surface area contributed by atoms with E-state index in [4.69, 9.17) is 0 Å². The number of aromatic nitrogens is 9. The molecule has 0 atom stereocenters. The van der Waals surface area contributed by atoms with Crippen molar-refractivity contribution in [3.63, 3.8) is 0 Å². The van der Waals surface area contributed by atoms with Crippen molar-refractivity contribution < 1.29 is 0 Å². The van der Waals surface area contributed by atoms with Crippen LogP contribution in [-0.2, 0) is 0 Å². The number of hydrogen-bond donors (Lipinski definition) is 0. The summed E-state index contributed by atoms with van der Waals surface area (Å²) in [6.45, 7) is 11.8. The van der Waals surface area contributed by atoms with Gasteiger partial charge in [-0.1, -0.05) is 12.1 Å². The van der Waals surface area contributed by atoms with Crippen molar-refractivity contribution >= 4 is 0 Å². The number of aryl methyl sites for hydroxylation is 6. The lowest BCUT2D eigenvalue weighted by molar-refractivity contribution is 0.980. The summed E-state index contributed by atoms with van der Waals surface area (Å²) in [7, 11) is 0. The van der Waals surface area contributed by atoms with Gasteiger partial charge < -0.3 is 0 Å². The maximum absolute atomic E-state index is 3.98. The predicted octanol–water partition coefficient (Wildman–Crippen LogP) is 6.53. The van der Waals surface area contributed by atoms with Gasteiger partial charge in [-0.05, 0) is 101 Å². The molecule has 0 N–H and O–H groups in total. The molecule has 0 saturated heterocycles. The van der Waals surface area contributed by atoms with Crippen LogP contribution >= 0.6 is 0 Å². The van der Waals surface area contributed by atoms with Crippen LogP contribution in [0.5, 0.6) is 0 Å². The molecule has 6 rings (SSSR count). The van der Waals surface area contributed by atoms with E-state index in [1.165, 1.54) is 17.5 Å². The Morgan fingerprint density at radius 2 is 1.05 bits per heavy atom. The zero-order chi connectivity index (χ0) is 30.7. The summed E-state index contributed by atoms with van der Waals surface area (Å²) >= 11 is 0. The molecule has 216 valence electrons. The molecule has 0 unspecified atom stereocenters. The number of pyridine rings is 3. The van der Waals surface area contributed by atoms with Crippen LogP contribution in [0.2, 0.25) is 0 Å². The van der Waals surface area contributed by atoms with Crippen LogP contribution in [0.3, 0.4) is 0 Å². The maximum Gasteiger partial charge on any atom is 0.115 e. The summed E-state index contributed by atoms with van der Waals surface area (Å²) < 4.78 is 0. The zero-order valence-electron chi connectivity index (χ0n) is 25.1. The van der Waals surface area contributed by atoms with Crippen molar-refractivity contribution in [1.29, 1.82) is 0 Å². The molecule has 0 aliphatic heterocycles. The van der Waals surface area contributed by atoms with E-state index in [-0.39, 0.29) is 0 Å². The van der Waals surface area contributed by atoms with Gasteiger partial charge in [-0.3, -0.25) is 24.9 Å². The molecule has 0 radical (unpaired) electrons. The molecule has 0 amide bonds. The van der Waals surface area contributed by atoms with Gasteiger partial charge in [0.15, 0.2) is 0 Å². The van der Waals surface area contributed by atoms with Crippen LogP contribution < -0.4 is 0 Å². The molecule has 0 aliphatic rings. The molecule has 0 aliphatic carbocycles. The highest BCUT2D eigenvalue weighted by Crippen LogP contribution is 1.89. The first-order valence-electron chi connectivity index (χ1n) is 13.2. The van der Waals surface area contributed by atoms with Gasteiger partial charge in [0.2, 0.25) is 0 Å². The highest BCUT2D eigenvalue weighted by Gasteiger charge is 1.77. The molecular weight excluding hydrogens is 522 g/mol. The van der Waals surface area contributed by atoms with Crippen molar-refractivity contribution in [3.8, 4) is 0 Å². The first-order chi connectivity index (χ1) is 20.4. The van der Waals surface area contributed by atoms with Gasteiger partial charge in [0.1, 0.15) is 6.33 Å². The monoisotopic (exact) mass is 561 g/mol. The summed E-state index contributed by atoms with van der Waals surface area (Å²) in [5.74, 6) is 0. The highest BCUT2D eigenvalue weighted by molar-refractivity contribution is 5.06. The van der Waals surface area contributed by atoms with E-state index in [1.807, 2.05) is 108 Å². The third-order valence-corrected chi connectivity index (χ3v) is 4.60. The van der Waals surface area contributed by atoms with Gasteiger partial charge in [0.05, 0.1) is 11.4 Å². The fourth-order valence-corrected chi connectivity index (χ4v) is 2.43. The van der Waals surface area contributed by atoms with E-state index < -0.39 is 0 Å². The molecule has 6 aromatic rings. The van der Waals surface area contributed by atoms with Gasteiger partial charge in [0, 0.05) is 73.4 Å². The first kappa shape index (κ1) is 34.7. The molecule has 6 heterocycles. The normalized spacial score (nSPS) is 8.71. The molecule has 9 heteroatoms. The van der Waals surface area contributed by atoms with Gasteiger partial charge in [-0.25, -0.2) is 9.97 Å². The Hall–Kier alpha value is -5.31. The average molecular weight is 562 g/mol. The fourth-order valence-electron chi connectivity index (χ4n) is 2.43. The second-order valence-corrected chi connectivity index (χ2v) is 8.59. The SMILES string of the molecule is Cc1ccccn1.Cc1cccnc1.Cc1cccnn1.Cc1ccncc1.Cc1ccncn1.Cc1cnccn1. The van der Waals surface area contributed by atoms with Crippen molar-refractivity contribution in [3.05, 3.63) is 163 Å². The summed E-state index contributed by atoms with van der Waals surface area (Å²) in [6.07, 6.45) is 18.9. The number of rotatable bonds is 0. The lowest BCUT2D eigenvalue weighted by Gasteiger charge is -1.82.